The highest BCUT2D eigenvalue weighted by atomic mass is 19.1. The molecule has 2 saturated carbocycles. The fourth-order valence-electron chi connectivity index (χ4n) is 6.14. The number of benzene rings is 1. The van der Waals surface area contributed by atoms with Crippen molar-refractivity contribution in [3.8, 4) is 6.07 Å². The molecule has 3 fully saturated rings. The number of hydrogen-bond acceptors (Lipinski definition) is 5. The number of rotatable bonds is 7. The molecule has 5 rings (SSSR count). The summed E-state index contributed by atoms with van der Waals surface area (Å²) >= 11 is 0. The predicted molar refractivity (Wildman–Crippen MR) is 138 cm³/mol. The SMILES string of the molecule is CC(C)(C)N(C(=O)O)[C@H](C(=O)N[C@@H](CC1CC1)C(=O)N1C[C@]2(C[C@H]1C#N)C(=O)Nc1ccc(F)cc12)C1CC1. The highest BCUT2D eigenvalue weighted by molar-refractivity contribution is 6.07. The third-order valence-corrected chi connectivity index (χ3v) is 8.40. The van der Waals surface area contributed by atoms with Gasteiger partial charge >= 0.3 is 6.09 Å². The monoisotopic (exact) mass is 539 g/mol. The highest BCUT2D eigenvalue weighted by Crippen LogP contribution is 2.47. The van der Waals surface area contributed by atoms with E-state index in [9.17, 15) is 33.9 Å². The molecular weight excluding hydrogens is 505 g/mol. The molecule has 0 bridgehead atoms. The second-order valence-electron chi connectivity index (χ2n) is 12.4. The second-order valence-corrected chi connectivity index (χ2v) is 12.4. The Balaban J connectivity index is 1.42. The smallest absolute Gasteiger partial charge is 0.408 e. The number of carbonyl (C=O) groups is 4. The average molecular weight is 540 g/mol. The summed E-state index contributed by atoms with van der Waals surface area (Å²) in [6.45, 7) is 5.07. The van der Waals surface area contributed by atoms with Gasteiger partial charge in [-0.2, -0.15) is 5.26 Å². The minimum Gasteiger partial charge on any atom is -0.465 e. The van der Waals surface area contributed by atoms with E-state index in [1.165, 1.54) is 23.1 Å². The molecule has 0 aromatic heterocycles. The lowest BCUT2D eigenvalue weighted by Crippen LogP contribution is -2.60. The lowest BCUT2D eigenvalue weighted by Gasteiger charge is -2.39. The Labute approximate surface area is 226 Å². The van der Waals surface area contributed by atoms with Gasteiger partial charge in [0.25, 0.3) is 0 Å². The zero-order valence-electron chi connectivity index (χ0n) is 22.4. The molecular formula is C28H34FN5O5. The van der Waals surface area contributed by atoms with Crippen LogP contribution in [0.4, 0.5) is 14.9 Å². The Morgan fingerprint density at radius 3 is 2.54 bits per heavy atom. The lowest BCUT2D eigenvalue weighted by molar-refractivity contribution is -0.139. The van der Waals surface area contributed by atoms with Crippen molar-refractivity contribution in [3.05, 3.63) is 29.6 Å². The van der Waals surface area contributed by atoms with Gasteiger partial charge in [-0.25, -0.2) is 9.18 Å². The molecule has 2 aliphatic carbocycles. The van der Waals surface area contributed by atoms with E-state index < -0.39 is 58.7 Å². The summed E-state index contributed by atoms with van der Waals surface area (Å²) in [4.78, 5) is 55.4. The number of halogens is 1. The number of carbonyl (C=O) groups excluding carboxylic acids is 3. The van der Waals surface area contributed by atoms with Gasteiger partial charge < -0.3 is 20.6 Å². The summed E-state index contributed by atoms with van der Waals surface area (Å²) in [5, 5.41) is 25.5. The van der Waals surface area contributed by atoms with Crippen molar-refractivity contribution in [1.82, 2.24) is 15.1 Å². The van der Waals surface area contributed by atoms with Crippen LogP contribution in [0, 0.1) is 29.0 Å². The molecule has 2 heterocycles. The van der Waals surface area contributed by atoms with E-state index in [1.54, 1.807) is 20.8 Å². The summed E-state index contributed by atoms with van der Waals surface area (Å²) in [6, 6.07) is 3.26. The van der Waals surface area contributed by atoms with E-state index in [0.717, 1.165) is 30.6 Å². The molecule has 0 radical (unpaired) electrons. The van der Waals surface area contributed by atoms with E-state index in [1.807, 2.05) is 0 Å². The fraction of sp³-hybridized carbons (Fsp3) is 0.607. The first-order valence-corrected chi connectivity index (χ1v) is 13.5. The Bertz CT molecular complexity index is 1260. The molecule has 10 nitrogen and oxygen atoms in total. The first-order valence-electron chi connectivity index (χ1n) is 13.5. The van der Waals surface area contributed by atoms with Gasteiger partial charge in [0.05, 0.1) is 11.5 Å². The molecule has 4 atom stereocenters. The van der Waals surface area contributed by atoms with Gasteiger partial charge in [0.1, 0.15) is 23.9 Å². The largest absolute Gasteiger partial charge is 0.465 e. The van der Waals surface area contributed by atoms with E-state index in [2.05, 4.69) is 16.7 Å². The van der Waals surface area contributed by atoms with Gasteiger partial charge in [0.2, 0.25) is 17.7 Å². The van der Waals surface area contributed by atoms with Crippen LogP contribution in [-0.4, -0.2) is 68.9 Å². The summed E-state index contributed by atoms with van der Waals surface area (Å²) in [6.07, 6.45) is 2.44. The Kier molecular flexibility index (Phi) is 6.56. The first kappa shape index (κ1) is 26.9. The molecule has 4 aliphatic rings. The number of hydrogen-bond donors (Lipinski definition) is 3. The van der Waals surface area contributed by atoms with Crippen LogP contribution in [0.5, 0.6) is 0 Å². The van der Waals surface area contributed by atoms with Gasteiger partial charge in [-0.05, 0) is 75.6 Å². The maximum absolute atomic E-state index is 14.2. The third kappa shape index (κ3) is 4.92. The van der Waals surface area contributed by atoms with Crippen LogP contribution in [-0.2, 0) is 19.8 Å². The van der Waals surface area contributed by atoms with Crippen LogP contribution >= 0.6 is 0 Å². The van der Waals surface area contributed by atoms with E-state index in [-0.39, 0.29) is 24.8 Å². The number of nitrogens with zero attached hydrogens (tertiary/aromatic N) is 3. The van der Waals surface area contributed by atoms with Gasteiger partial charge in [-0.3, -0.25) is 19.3 Å². The van der Waals surface area contributed by atoms with Crippen molar-refractivity contribution in [3.63, 3.8) is 0 Å². The van der Waals surface area contributed by atoms with Crippen molar-refractivity contribution < 1.29 is 28.7 Å². The third-order valence-electron chi connectivity index (χ3n) is 8.40. The standard InChI is InChI=1S/C28H34FN5O5/c1-27(2,3)34(26(38)39)22(16-6-7-16)23(35)31-21(10-15-4-5-15)24(36)33-14-28(12-18(33)13-30)19-11-17(29)8-9-20(19)32-25(28)37/h8-9,11,15-16,18,21-22H,4-7,10,12,14H2,1-3H3,(H,31,35)(H,32,37)(H,38,39)/t18-,21-,22-,28-/m0/s1. The van der Waals surface area contributed by atoms with E-state index >= 15 is 0 Å². The Hall–Kier alpha value is -3.68. The number of nitrogens with one attached hydrogen (secondary N) is 2. The van der Waals surface area contributed by atoms with Crippen LogP contribution < -0.4 is 10.6 Å². The van der Waals surface area contributed by atoms with Crippen molar-refractivity contribution in [1.29, 1.82) is 5.26 Å². The van der Waals surface area contributed by atoms with Gasteiger partial charge in [-0.1, -0.05) is 12.8 Å². The average Bonchev–Trinajstić information content (AvgIpc) is 3.79. The first-order chi connectivity index (χ1) is 18.4. The zero-order valence-corrected chi connectivity index (χ0v) is 22.4. The normalized spacial score (nSPS) is 25.5. The maximum atomic E-state index is 14.2. The van der Waals surface area contributed by atoms with E-state index in [4.69, 9.17) is 0 Å². The van der Waals surface area contributed by atoms with Gasteiger partial charge in [0, 0.05) is 24.2 Å². The van der Waals surface area contributed by atoms with Crippen LogP contribution in [0.3, 0.4) is 0 Å². The molecule has 39 heavy (non-hydrogen) atoms. The molecule has 0 unspecified atom stereocenters. The lowest BCUT2D eigenvalue weighted by atomic mass is 9.79. The Morgan fingerprint density at radius 1 is 1.28 bits per heavy atom. The van der Waals surface area contributed by atoms with Crippen molar-refractivity contribution in [2.24, 2.45) is 11.8 Å². The van der Waals surface area contributed by atoms with Gasteiger partial charge in [-0.15, -0.1) is 0 Å². The van der Waals surface area contributed by atoms with Crippen LogP contribution in [0.15, 0.2) is 18.2 Å². The quantitative estimate of drug-likeness (QED) is 0.486. The molecule has 4 amide bonds. The van der Waals surface area contributed by atoms with Crippen LogP contribution in [0.25, 0.3) is 0 Å². The predicted octanol–water partition coefficient (Wildman–Crippen LogP) is 2.98. The summed E-state index contributed by atoms with van der Waals surface area (Å²) in [5.41, 5.74) is -1.22. The van der Waals surface area contributed by atoms with Gasteiger partial charge in [0.15, 0.2) is 0 Å². The molecule has 1 spiro atoms. The number of fused-ring (bicyclic) bond motifs is 2. The van der Waals surface area contributed by atoms with Crippen LogP contribution in [0.1, 0.15) is 64.9 Å². The fourth-order valence-corrected chi connectivity index (χ4v) is 6.14. The molecule has 11 heteroatoms. The van der Waals surface area contributed by atoms with Crippen molar-refractivity contribution >= 4 is 29.5 Å². The zero-order chi connectivity index (χ0) is 28.3. The van der Waals surface area contributed by atoms with Crippen molar-refractivity contribution in [2.75, 3.05) is 11.9 Å². The van der Waals surface area contributed by atoms with E-state index in [0.29, 0.717) is 17.7 Å². The number of carboxylic acid groups (broad SMARTS) is 1. The Morgan fingerprint density at radius 2 is 1.97 bits per heavy atom. The maximum Gasteiger partial charge on any atom is 0.408 e. The topological polar surface area (TPSA) is 143 Å². The molecule has 208 valence electrons. The van der Waals surface area contributed by atoms with Crippen LogP contribution in [0.2, 0.25) is 0 Å². The number of likely N-dealkylation sites (tertiary alicyclic amines) is 1. The minimum absolute atomic E-state index is 0.0170. The number of amides is 4. The van der Waals surface area contributed by atoms with Crippen molar-refractivity contribution in [2.45, 2.75) is 88.4 Å². The summed E-state index contributed by atoms with van der Waals surface area (Å²) in [7, 11) is 0. The molecule has 1 aromatic carbocycles. The number of anilines is 1. The summed E-state index contributed by atoms with van der Waals surface area (Å²) in [5.74, 6) is -1.82. The molecule has 3 N–H and O–H groups in total. The molecule has 1 saturated heterocycles. The second kappa shape index (κ2) is 9.50. The molecule has 2 aliphatic heterocycles. The molecule has 1 aromatic rings. The minimum atomic E-state index is -1.26. The summed E-state index contributed by atoms with van der Waals surface area (Å²) < 4.78 is 14.2. The highest BCUT2D eigenvalue weighted by Gasteiger charge is 2.57. The number of nitriles is 1.